The molecule has 96 valence electrons. The van der Waals surface area contributed by atoms with Gasteiger partial charge in [0.05, 0.1) is 11.2 Å². The Morgan fingerprint density at radius 1 is 1.17 bits per heavy atom. The number of hydrogen-bond acceptors (Lipinski definition) is 4. The van der Waals surface area contributed by atoms with E-state index in [1.165, 1.54) is 23.4 Å². The van der Waals surface area contributed by atoms with Crippen LogP contribution in [0.25, 0.3) is 0 Å². The Labute approximate surface area is 116 Å². The number of thiazole rings is 1. The highest BCUT2D eigenvalue weighted by atomic mass is 32.2. The van der Waals surface area contributed by atoms with E-state index in [2.05, 4.69) is 34.6 Å². The standard InChI is InChI=1S/C10H9NS2.C4H8O/c1-2-4-10(5-3-1)13-7-9-6-12-8-11-9;1-2-4-5-3-1/h1-6,8H,7H2;1-4H2. The minimum Gasteiger partial charge on any atom is -0.381 e. The van der Waals surface area contributed by atoms with E-state index in [-0.39, 0.29) is 0 Å². The molecule has 4 heteroatoms. The number of ether oxygens (including phenoxy) is 1. The van der Waals surface area contributed by atoms with Gasteiger partial charge >= 0.3 is 0 Å². The SMILES string of the molecule is C1CCOC1.c1ccc(SCc2cscn2)cc1. The first-order chi connectivity index (χ1) is 8.95. The van der Waals surface area contributed by atoms with Gasteiger partial charge < -0.3 is 4.74 Å². The summed E-state index contributed by atoms with van der Waals surface area (Å²) in [7, 11) is 0. The largest absolute Gasteiger partial charge is 0.381 e. The van der Waals surface area contributed by atoms with Crippen LogP contribution in [0.3, 0.4) is 0 Å². The molecule has 1 fully saturated rings. The number of aromatic nitrogens is 1. The van der Waals surface area contributed by atoms with Crippen molar-refractivity contribution in [2.75, 3.05) is 13.2 Å². The molecule has 0 saturated carbocycles. The van der Waals surface area contributed by atoms with Crippen LogP contribution in [0.2, 0.25) is 0 Å². The van der Waals surface area contributed by atoms with E-state index in [4.69, 9.17) is 4.74 Å². The predicted octanol–water partition coefficient (Wildman–Crippen LogP) is 4.23. The normalized spacial score (nSPS) is 14.0. The Balaban J connectivity index is 0.000000202. The second-order valence-electron chi connectivity index (χ2n) is 3.90. The molecule has 1 aliphatic heterocycles. The van der Waals surface area contributed by atoms with E-state index in [0.29, 0.717) is 0 Å². The van der Waals surface area contributed by atoms with Crippen molar-refractivity contribution in [1.82, 2.24) is 4.98 Å². The molecule has 1 aromatic heterocycles. The highest BCUT2D eigenvalue weighted by molar-refractivity contribution is 7.98. The molecule has 0 atom stereocenters. The van der Waals surface area contributed by atoms with E-state index in [9.17, 15) is 0 Å². The van der Waals surface area contributed by atoms with E-state index in [0.717, 1.165) is 19.0 Å². The first-order valence-corrected chi connectivity index (χ1v) is 8.00. The molecule has 0 unspecified atom stereocenters. The third kappa shape index (κ3) is 5.21. The minimum atomic E-state index is 0.966. The Morgan fingerprint density at radius 3 is 2.50 bits per heavy atom. The van der Waals surface area contributed by atoms with E-state index in [1.807, 2.05) is 23.3 Å². The van der Waals surface area contributed by atoms with Crippen LogP contribution in [0.4, 0.5) is 0 Å². The van der Waals surface area contributed by atoms with Gasteiger partial charge in [-0.15, -0.1) is 23.1 Å². The number of rotatable bonds is 3. The van der Waals surface area contributed by atoms with Gasteiger partial charge in [0, 0.05) is 29.2 Å². The number of nitrogens with zero attached hydrogens (tertiary/aromatic N) is 1. The fourth-order valence-corrected chi connectivity index (χ4v) is 2.98. The molecule has 0 radical (unpaired) electrons. The fraction of sp³-hybridized carbons (Fsp3) is 0.357. The topological polar surface area (TPSA) is 22.1 Å². The molecule has 0 aliphatic carbocycles. The molecule has 2 nitrogen and oxygen atoms in total. The summed E-state index contributed by atoms with van der Waals surface area (Å²) < 4.78 is 4.94. The summed E-state index contributed by atoms with van der Waals surface area (Å²) in [6.07, 6.45) is 2.56. The van der Waals surface area contributed by atoms with Gasteiger partial charge in [0.2, 0.25) is 0 Å². The highest BCUT2D eigenvalue weighted by Crippen LogP contribution is 2.21. The van der Waals surface area contributed by atoms with Crippen LogP contribution in [0.15, 0.2) is 46.1 Å². The second-order valence-corrected chi connectivity index (χ2v) is 5.67. The van der Waals surface area contributed by atoms with Crippen LogP contribution >= 0.6 is 23.1 Å². The molecule has 1 saturated heterocycles. The van der Waals surface area contributed by atoms with Crippen molar-refractivity contribution in [2.45, 2.75) is 23.5 Å². The molecule has 3 rings (SSSR count). The quantitative estimate of drug-likeness (QED) is 0.785. The van der Waals surface area contributed by atoms with Gasteiger partial charge in [-0.2, -0.15) is 0 Å². The molecule has 0 spiro atoms. The van der Waals surface area contributed by atoms with Crippen molar-refractivity contribution in [3.63, 3.8) is 0 Å². The van der Waals surface area contributed by atoms with Gasteiger partial charge in [0.15, 0.2) is 0 Å². The van der Waals surface area contributed by atoms with E-state index in [1.54, 1.807) is 11.3 Å². The highest BCUT2D eigenvalue weighted by Gasteiger charge is 1.96. The molecule has 2 heterocycles. The minimum absolute atomic E-state index is 0.966. The van der Waals surface area contributed by atoms with Crippen molar-refractivity contribution in [1.29, 1.82) is 0 Å². The molecule has 0 amide bonds. The Kier molecular flexibility index (Phi) is 6.26. The second kappa shape index (κ2) is 8.29. The van der Waals surface area contributed by atoms with Gasteiger partial charge in [-0.05, 0) is 25.0 Å². The summed E-state index contributed by atoms with van der Waals surface area (Å²) in [5, 5.41) is 2.09. The van der Waals surface area contributed by atoms with Crippen LogP contribution in [-0.4, -0.2) is 18.2 Å². The fourth-order valence-electron chi connectivity index (χ4n) is 1.49. The van der Waals surface area contributed by atoms with Crippen molar-refractivity contribution >= 4 is 23.1 Å². The van der Waals surface area contributed by atoms with Crippen LogP contribution in [-0.2, 0) is 10.5 Å². The Hall–Kier alpha value is -0.840. The summed E-state index contributed by atoms with van der Waals surface area (Å²) in [5.74, 6) is 0.966. The maximum Gasteiger partial charge on any atom is 0.0795 e. The zero-order chi connectivity index (χ0) is 12.5. The van der Waals surface area contributed by atoms with Crippen LogP contribution in [0.5, 0.6) is 0 Å². The number of benzene rings is 1. The zero-order valence-electron chi connectivity index (χ0n) is 10.2. The van der Waals surface area contributed by atoms with Gasteiger partial charge in [-0.3, -0.25) is 0 Å². The Bertz CT molecular complexity index is 405. The predicted molar refractivity (Wildman–Crippen MR) is 78.2 cm³/mol. The number of hydrogen-bond donors (Lipinski definition) is 0. The smallest absolute Gasteiger partial charge is 0.0795 e. The monoisotopic (exact) mass is 279 g/mol. The van der Waals surface area contributed by atoms with Crippen molar-refractivity contribution in [2.24, 2.45) is 0 Å². The molecule has 18 heavy (non-hydrogen) atoms. The van der Waals surface area contributed by atoms with Gasteiger partial charge in [0.25, 0.3) is 0 Å². The molecule has 1 aliphatic rings. The summed E-state index contributed by atoms with van der Waals surface area (Å²) in [4.78, 5) is 5.53. The lowest BCUT2D eigenvalue weighted by molar-refractivity contribution is 0.198. The maximum absolute atomic E-state index is 4.94. The summed E-state index contributed by atoms with van der Waals surface area (Å²) in [5.41, 5.74) is 3.04. The molecule has 0 N–H and O–H groups in total. The van der Waals surface area contributed by atoms with Crippen LogP contribution in [0, 0.1) is 0 Å². The maximum atomic E-state index is 4.94. The van der Waals surface area contributed by atoms with Crippen molar-refractivity contribution in [3.05, 3.63) is 46.9 Å². The summed E-state index contributed by atoms with van der Waals surface area (Å²) in [6, 6.07) is 10.4. The average Bonchev–Trinajstić information content (AvgIpc) is 3.13. The molecule has 1 aromatic carbocycles. The third-order valence-corrected chi connectivity index (χ3v) is 4.12. The average molecular weight is 279 g/mol. The first kappa shape index (κ1) is 13.6. The van der Waals surface area contributed by atoms with Crippen LogP contribution in [0.1, 0.15) is 18.5 Å². The summed E-state index contributed by atoms with van der Waals surface area (Å²) in [6.45, 7) is 2.00. The summed E-state index contributed by atoms with van der Waals surface area (Å²) >= 11 is 3.47. The van der Waals surface area contributed by atoms with Gasteiger partial charge in [-0.1, -0.05) is 18.2 Å². The first-order valence-electron chi connectivity index (χ1n) is 6.08. The Morgan fingerprint density at radius 2 is 1.94 bits per heavy atom. The zero-order valence-corrected chi connectivity index (χ0v) is 11.9. The molecular weight excluding hydrogens is 262 g/mol. The van der Waals surface area contributed by atoms with Crippen molar-refractivity contribution in [3.8, 4) is 0 Å². The number of thioether (sulfide) groups is 1. The molecular formula is C14H17NOS2. The van der Waals surface area contributed by atoms with Crippen molar-refractivity contribution < 1.29 is 4.74 Å². The molecule has 2 aromatic rings. The van der Waals surface area contributed by atoms with E-state index < -0.39 is 0 Å². The van der Waals surface area contributed by atoms with E-state index >= 15 is 0 Å². The van der Waals surface area contributed by atoms with Gasteiger partial charge in [-0.25, -0.2) is 4.98 Å². The lowest BCUT2D eigenvalue weighted by Crippen LogP contribution is -1.78. The van der Waals surface area contributed by atoms with Crippen LogP contribution < -0.4 is 0 Å². The third-order valence-electron chi connectivity index (χ3n) is 2.44. The molecule has 0 bridgehead atoms. The lowest BCUT2D eigenvalue weighted by atomic mass is 10.4. The van der Waals surface area contributed by atoms with Gasteiger partial charge in [0.1, 0.15) is 0 Å². The lowest BCUT2D eigenvalue weighted by Gasteiger charge is -1.97.